The minimum absolute atomic E-state index is 0.203. The molecule has 4 heteroatoms. The first kappa shape index (κ1) is 20.8. The number of unbranched alkanes of at least 4 members (excludes halogenated alkanes) is 7. The van der Waals surface area contributed by atoms with Crippen LogP contribution in [0.5, 0.6) is 0 Å². The number of Topliss-reactive ketones (excluding diaryl/α,β-unsaturated/α-hetero) is 2. The van der Waals surface area contributed by atoms with Crippen molar-refractivity contribution in [3.05, 3.63) is 0 Å². The third kappa shape index (κ3) is 15.2. The molecule has 0 saturated heterocycles. The van der Waals surface area contributed by atoms with Crippen molar-refractivity contribution in [1.82, 2.24) is 0 Å². The molecule has 0 saturated carbocycles. The van der Waals surface area contributed by atoms with E-state index in [1.165, 1.54) is 0 Å². The molecule has 0 aliphatic carbocycles. The highest BCUT2D eigenvalue weighted by atomic mass is 16.4. The molecule has 0 aromatic heterocycles. The molecule has 1 N–H and O–H groups in total. The third-order valence-corrected chi connectivity index (χ3v) is 3.84. The Morgan fingerprint density at radius 3 is 1.45 bits per heavy atom. The van der Waals surface area contributed by atoms with Crippen LogP contribution in [-0.2, 0) is 14.4 Å². The van der Waals surface area contributed by atoms with Gasteiger partial charge < -0.3 is 5.11 Å². The van der Waals surface area contributed by atoms with Gasteiger partial charge in [-0.25, -0.2) is 0 Å². The predicted molar refractivity (Wildman–Crippen MR) is 88.0 cm³/mol. The van der Waals surface area contributed by atoms with Gasteiger partial charge in [0.15, 0.2) is 0 Å². The molecular weight excluding hydrogens is 280 g/mol. The van der Waals surface area contributed by atoms with Crippen molar-refractivity contribution in [3.63, 3.8) is 0 Å². The quantitative estimate of drug-likeness (QED) is 0.420. The predicted octanol–water partition coefficient (Wildman–Crippen LogP) is 4.69. The van der Waals surface area contributed by atoms with Gasteiger partial charge in [-0.05, 0) is 19.3 Å². The van der Waals surface area contributed by atoms with Crippen LogP contribution in [0.3, 0.4) is 0 Å². The number of carbonyl (C=O) groups excluding carboxylic acids is 2. The van der Waals surface area contributed by atoms with E-state index in [-0.39, 0.29) is 18.0 Å². The molecule has 0 bridgehead atoms. The van der Waals surface area contributed by atoms with Crippen LogP contribution in [0, 0.1) is 0 Å². The highest BCUT2D eigenvalue weighted by Crippen LogP contribution is 2.11. The van der Waals surface area contributed by atoms with E-state index in [1.54, 1.807) is 0 Å². The average molecular weight is 312 g/mol. The third-order valence-electron chi connectivity index (χ3n) is 3.84. The summed E-state index contributed by atoms with van der Waals surface area (Å²) in [5.74, 6) is -0.301. The zero-order valence-electron chi connectivity index (χ0n) is 14.1. The lowest BCUT2D eigenvalue weighted by Crippen LogP contribution is -2.04. The van der Waals surface area contributed by atoms with Gasteiger partial charge in [-0.2, -0.15) is 0 Å². The van der Waals surface area contributed by atoms with Gasteiger partial charge in [-0.3, -0.25) is 14.4 Å². The molecule has 0 aromatic carbocycles. The standard InChI is InChI=1S/C18H32O4/c1-2-3-8-11-16(19)14-15-17(20)12-9-6-4-5-7-10-13-18(21)22/h2-15H2,1H3,(H,21,22). The topological polar surface area (TPSA) is 71.4 Å². The normalized spacial score (nSPS) is 10.6. The number of carboxylic acid groups (broad SMARTS) is 1. The SMILES string of the molecule is CCCCCC(=O)CCC(=O)CCCCCCCCC(=O)O. The van der Waals surface area contributed by atoms with Gasteiger partial charge in [0.25, 0.3) is 0 Å². The van der Waals surface area contributed by atoms with Crippen LogP contribution in [0.25, 0.3) is 0 Å². The second-order valence-corrected chi connectivity index (χ2v) is 6.05. The summed E-state index contributed by atoms with van der Waals surface area (Å²) in [6.07, 6.45) is 11.1. The van der Waals surface area contributed by atoms with E-state index in [2.05, 4.69) is 6.92 Å². The van der Waals surface area contributed by atoms with Gasteiger partial charge in [0.2, 0.25) is 0 Å². The minimum atomic E-state index is -0.727. The Hall–Kier alpha value is -1.19. The zero-order valence-corrected chi connectivity index (χ0v) is 14.1. The molecule has 0 radical (unpaired) electrons. The van der Waals surface area contributed by atoms with Gasteiger partial charge in [-0.15, -0.1) is 0 Å². The maximum Gasteiger partial charge on any atom is 0.303 e. The Kier molecular flexibility index (Phi) is 13.9. The van der Waals surface area contributed by atoms with Crippen LogP contribution < -0.4 is 0 Å². The fourth-order valence-electron chi connectivity index (χ4n) is 2.41. The minimum Gasteiger partial charge on any atom is -0.481 e. The highest BCUT2D eigenvalue weighted by Gasteiger charge is 2.07. The summed E-state index contributed by atoms with van der Waals surface area (Å²) < 4.78 is 0. The number of ketones is 2. The summed E-state index contributed by atoms with van der Waals surface area (Å²) in [6, 6.07) is 0. The van der Waals surface area contributed by atoms with Crippen molar-refractivity contribution >= 4 is 17.5 Å². The molecule has 0 aromatic rings. The van der Waals surface area contributed by atoms with E-state index in [1.807, 2.05) is 0 Å². The first-order chi connectivity index (χ1) is 10.6. The van der Waals surface area contributed by atoms with Crippen molar-refractivity contribution < 1.29 is 19.5 Å². The second kappa shape index (κ2) is 14.7. The van der Waals surface area contributed by atoms with E-state index in [4.69, 9.17) is 5.11 Å². The van der Waals surface area contributed by atoms with Crippen LogP contribution in [0.1, 0.15) is 96.8 Å². The van der Waals surface area contributed by atoms with Crippen molar-refractivity contribution in [2.24, 2.45) is 0 Å². The molecule has 0 unspecified atom stereocenters. The summed E-state index contributed by atoms with van der Waals surface area (Å²) in [5, 5.41) is 8.50. The van der Waals surface area contributed by atoms with E-state index in [0.29, 0.717) is 25.7 Å². The van der Waals surface area contributed by atoms with Gasteiger partial charge in [-0.1, -0.05) is 45.4 Å². The molecule has 22 heavy (non-hydrogen) atoms. The Morgan fingerprint density at radius 2 is 1.00 bits per heavy atom. The van der Waals surface area contributed by atoms with E-state index in [9.17, 15) is 14.4 Å². The second-order valence-electron chi connectivity index (χ2n) is 6.05. The van der Waals surface area contributed by atoms with Crippen molar-refractivity contribution in [1.29, 1.82) is 0 Å². The molecule has 0 heterocycles. The first-order valence-corrected chi connectivity index (χ1v) is 8.81. The monoisotopic (exact) mass is 312 g/mol. The molecule has 0 spiro atoms. The highest BCUT2D eigenvalue weighted by molar-refractivity contribution is 5.85. The van der Waals surface area contributed by atoms with Crippen LogP contribution in [-0.4, -0.2) is 22.6 Å². The number of hydrogen-bond donors (Lipinski definition) is 1. The fraction of sp³-hybridized carbons (Fsp3) is 0.833. The van der Waals surface area contributed by atoms with Crippen LogP contribution >= 0.6 is 0 Å². The van der Waals surface area contributed by atoms with Gasteiger partial charge in [0.1, 0.15) is 11.6 Å². The van der Waals surface area contributed by atoms with Gasteiger partial charge in [0.05, 0.1) is 0 Å². The van der Waals surface area contributed by atoms with Crippen LogP contribution in [0.4, 0.5) is 0 Å². The first-order valence-electron chi connectivity index (χ1n) is 8.81. The Balaban J connectivity index is 3.35. The number of aliphatic carboxylic acids is 1. The molecule has 0 amide bonds. The van der Waals surface area contributed by atoms with E-state index < -0.39 is 5.97 Å². The molecule has 4 nitrogen and oxygen atoms in total. The molecule has 0 aliphatic heterocycles. The lowest BCUT2D eigenvalue weighted by Gasteiger charge is -2.02. The smallest absolute Gasteiger partial charge is 0.303 e. The molecular formula is C18H32O4. The van der Waals surface area contributed by atoms with Crippen LogP contribution in [0.2, 0.25) is 0 Å². The van der Waals surface area contributed by atoms with E-state index in [0.717, 1.165) is 57.8 Å². The number of hydrogen-bond acceptors (Lipinski definition) is 3. The maximum absolute atomic E-state index is 11.7. The lowest BCUT2D eigenvalue weighted by molar-refractivity contribution is -0.137. The summed E-state index contributed by atoms with van der Waals surface area (Å²) in [7, 11) is 0. The number of rotatable bonds is 16. The fourth-order valence-corrected chi connectivity index (χ4v) is 2.41. The molecule has 0 fully saturated rings. The Bertz CT molecular complexity index is 323. The summed E-state index contributed by atoms with van der Waals surface area (Å²) in [4.78, 5) is 33.6. The largest absolute Gasteiger partial charge is 0.481 e. The number of carbonyl (C=O) groups is 3. The Morgan fingerprint density at radius 1 is 0.591 bits per heavy atom. The zero-order chi connectivity index (χ0) is 16.6. The molecule has 0 rings (SSSR count). The molecule has 128 valence electrons. The summed E-state index contributed by atoms with van der Waals surface area (Å²) in [5.41, 5.74) is 0. The lowest BCUT2D eigenvalue weighted by atomic mass is 10.0. The van der Waals surface area contributed by atoms with Crippen molar-refractivity contribution in [2.75, 3.05) is 0 Å². The van der Waals surface area contributed by atoms with Gasteiger partial charge in [0, 0.05) is 32.1 Å². The van der Waals surface area contributed by atoms with Crippen molar-refractivity contribution in [2.45, 2.75) is 96.8 Å². The van der Waals surface area contributed by atoms with Gasteiger partial charge >= 0.3 is 5.97 Å². The number of carboxylic acids is 1. The Labute approximate surface area is 134 Å². The van der Waals surface area contributed by atoms with E-state index >= 15 is 0 Å². The summed E-state index contributed by atoms with van der Waals surface area (Å²) >= 11 is 0. The van der Waals surface area contributed by atoms with Crippen molar-refractivity contribution in [3.8, 4) is 0 Å². The maximum atomic E-state index is 11.7. The van der Waals surface area contributed by atoms with Crippen LogP contribution in [0.15, 0.2) is 0 Å². The summed E-state index contributed by atoms with van der Waals surface area (Å²) in [6.45, 7) is 2.11. The molecule has 0 aliphatic rings. The molecule has 0 atom stereocenters. The average Bonchev–Trinajstić information content (AvgIpc) is 2.47.